The Labute approximate surface area is 151 Å². The molecule has 8 heteroatoms. The molecule has 0 aliphatic heterocycles. The van der Waals surface area contributed by atoms with Gasteiger partial charge in [-0.3, -0.25) is 9.59 Å². The molecule has 24 heavy (non-hydrogen) atoms. The third-order valence-corrected chi connectivity index (χ3v) is 4.72. The summed E-state index contributed by atoms with van der Waals surface area (Å²) in [6, 6.07) is 0. The second-order valence-electron chi connectivity index (χ2n) is 5.67. The quantitative estimate of drug-likeness (QED) is 0.451. The minimum absolute atomic E-state index is 0.755. The molecule has 0 aromatic rings. The monoisotopic (exact) mass is 370 g/mol. The summed E-state index contributed by atoms with van der Waals surface area (Å²) in [6.45, 7) is 0. The lowest BCUT2D eigenvalue weighted by Gasteiger charge is -2.12. The third kappa shape index (κ3) is 5.76. The SMILES string of the molecule is O=C(NN=CC1=C(Cl)CCCC1)C(=O)NN=CC1=C(Cl)CCCC1. The number of carbonyl (C=O) groups is 2. The van der Waals surface area contributed by atoms with Gasteiger partial charge in [0.25, 0.3) is 0 Å². The van der Waals surface area contributed by atoms with Crippen LogP contribution < -0.4 is 10.9 Å². The Kier molecular flexibility index (Phi) is 7.46. The molecule has 6 nitrogen and oxygen atoms in total. The summed E-state index contributed by atoms with van der Waals surface area (Å²) in [4.78, 5) is 23.2. The van der Waals surface area contributed by atoms with Crippen LogP contribution in [-0.2, 0) is 9.59 Å². The lowest BCUT2D eigenvalue weighted by molar-refractivity contribution is -0.139. The van der Waals surface area contributed by atoms with Gasteiger partial charge in [-0.25, -0.2) is 10.9 Å². The van der Waals surface area contributed by atoms with Crippen molar-refractivity contribution in [3.8, 4) is 0 Å². The molecule has 130 valence electrons. The Balaban J connectivity index is 1.79. The van der Waals surface area contributed by atoms with Crippen molar-refractivity contribution in [1.29, 1.82) is 0 Å². The highest BCUT2D eigenvalue weighted by Crippen LogP contribution is 2.26. The Hall–Kier alpha value is -1.66. The molecule has 2 amide bonds. The number of amides is 2. The van der Waals surface area contributed by atoms with Gasteiger partial charge in [0.1, 0.15) is 0 Å². The number of rotatable bonds is 4. The fraction of sp³-hybridized carbons (Fsp3) is 0.500. The average molecular weight is 371 g/mol. The predicted molar refractivity (Wildman–Crippen MR) is 96.0 cm³/mol. The largest absolute Gasteiger partial charge is 0.331 e. The highest BCUT2D eigenvalue weighted by Gasteiger charge is 2.13. The predicted octanol–water partition coefficient (Wildman–Crippen LogP) is 3.32. The highest BCUT2D eigenvalue weighted by atomic mass is 35.5. The Bertz CT molecular complexity index is 570. The van der Waals surface area contributed by atoms with Crippen molar-refractivity contribution >= 4 is 47.4 Å². The fourth-order valence-corrected chi connectivity index (χ4v) is 3.05. The zero-order chi connectivity index (χ0) is 17.4. The molecule has 0 saturated carbocycles. The van der Waals surface area contributed by atoms with Crippen LogP contribution in [0.4, 0.5) is 0 Å². The first kappa shape index (κ1) is 18.7. The lowest BCUT2D eigenvalue weighted by atomic mass is 10.0. The minimum atomic E-state index is -0.889. The summed E-state index contributed by atoms with van der Waals surface area (Å²) in [6.07, 6.45) is 10.5. The highest BCUT2D eigenvalue weighted by molar-refractivity contribution is 6.35. The summed E-state index contributed by atoms with van der Waals surface area (Å²) >= 11 is 12.2. The number of carbonyl (C=O) groups excluding carboxylic acids is 2. The molecule has 2 aliphatic rings. The van der Waals surface area contributed by atoms with E-state index in [9.17, 15) is 9.59 Å². The van der Waals surface area contributed by atoms with Crippen LogP contribution in [0.3, 0.4) is 0 Å². The van der Waals surface area contributed by atoms with Crippen LogP contribution in [0.15, 0.2) is 31.4 Å². The molecule has 0 aromatic heterocycles. The van der Waals surface area contributed by atoms with Crippen LogP contribution in [0, 0.1) is 0 Å². The van der Waals surface area contributed by atoms with Gasteiger partial charge in [-0.1, -0.05) is 23.2 Å². The topological polar surface area (TPSA) is 82.9 Å². The Morgan fingerprint density at radius 2 is 1.12 bits per heavy atom. The van der Waals surface area contributed by atoms with Gasteiger partial charge in [0.05, 0.1) is 12.4 Å². The molecule has 0 atom stereocenters. The maximum atomic E-state index is 11.6. The van der Waals surface area contributed by atoms with Crippen molar-refractivity contribution in [2.45, 2.75) is 51.4 Å². The minimum Gasteiger partial charge on any atom is -0.262 e. The van der Waals surface area contributed by atoms with Gasteiger partial charge in [-0.05, 0) is 62.5 Å². The van der Waals surface area contributed by atoms with Crippen LogP contribution in [-0.4, -0.2) is 24.2 Å². The van der Waals surface area contributed by atoms with Crippen LogP contribution in [0.1, 0.15) is 51.4 Å². The summed E-state index contributed by atoms with van der Waals surface area (Å²) in [7, 11) is 0. The maximum Gasteiger partial charge on any atom is 0.331 e. The first-order chi connectivity index (χ1) is 11.6. The number of hydrazone groups is 2. The van der Waals surface area contributed by atoms with Crippen LogP contribution in [0.25, 0.3) is 0 Å². The molecule has 0 bridgehead atoms. The molecule has 0 aromatic carbocycles. The van der Waals surface area contributed by atoms with Crippen LogP contribution >= 0.6 is 23.2 Å². The second kappa shape index (κ2) is 9.59. The van der Waals surface area contributed by atoms with E-state index >= 15 is 0 Å². The number of halogens is 2. The maximum absolute atomic E-state index is 11.6. The third-order valence-electron chi connectivity index (χ3n) is 3.86. The van der Waals surface area contributed by atoms with Crippen molar-refractivity contribution in [2.75, 3.05) is 0 Å². The van der Waals surface area contributed by atoms with Crippen molar-refractivity contribution in [3.05, 3.63) is 21.2 Å². The number of nitrogens with zero attached hydrogens (tertiary/aromatic N) is 2. The molecular weight excluding hydrogens is 351 g/mol. The van der Waals surface area contributed by atoms with Crippen molar-refractivity contribution in [1.82, 2.24) is 10.9 Å². The molecule has 0 fully saturated rings. The van der Waals surface area contributed by atoms with Gasteiger partial charge in [0, 0.05) is 10.1 Å². The first-order valence-corrected chi connectivity index (χ1v) is 8.75. The zero-order valence-electron chi connectivity index (χ0n) is 13.3. The van der Waals surface area contributed by atoms with Gasteiger partial charge >= 0.3 is 11.8 Å². The fourth-order valence-electron chi connectivity index (χ4n) is 2.49. The summed E-state index contributed by atoms with van der Waals surface area (Å²) in [5, 5.41) is 9.04. The van der Waals surface area contributed by atoms with Gasteiger partial charge in [-0.2, -0.15) is 10.2 Å². The lowest BCUT2D eigenvalue weighted by Crippen LogP contribution is -2.35. The van der Waals surface area contributed by atoms with E-state index in [0.717, 1.165) is 72.6 Å². The average Bonchev–Trinajstić information content (AvgIpc) is 2.58. The van der Waals surface area contributed by atoms with Crippen LogP contribution in [0.2, 0.25) is 0 Å². The van der Waals surface area contributed by atoms with E-state index in [2.05, 4.69) is 21.1 Å². The molecule has 2 aliphatic carbocycles. The molecule has 0 heterocycles. The van der Waals surface area contributed by atoms with Crippen LogP contribution in [0.5, 0.6) is 0 Å². The molecule has 0 spiro atoms. The van der Waals surface area contributed by atoms with E-state index in [0.29, 0.717) is 0 Å². The molecule has 0 saturated heterocycles. The van der Waals surface area contributed by atoms with Gasteiger partial charge < -0.3 is 0 Å². The normalized spacial score (nSPS) is 19.2. The van der Waals surface area contributed by atoms with Gasteiger partial charge in [-0.15, -0.1) is 0 Å². The van der Waals surface area contributed by atoms with E-state index in [1.165, 1.54) is 12.4 Å². The number of allylic oxidation sites excluding steroid dienone is 4. The summed E-state index contributed by atoms with van der Waals surface area (Å²) < 4.78 is 0. The van der Waals surface area contributed by atoms with E-state index in [1.807, 2.05) is 0 Å². The number of nitrogens with one attached hydrogen (secondary N) is 2. The van der Waals surface area contributed by atoms with E-state index in [1.54, 1.807) is 0 Å². The second-order valence-corrected chi connectivity index (χ2v) is 6.59. The number of hydrogen-bond donors (Lipinski definition) is 2. The van der Waals surface area contributed by atoms with Crippen molar-refractivity contribution in [3.63, 3.8) is 0 Å². The van der Waals surface area contributed by atoms with Crippen molar-refractivity contribution < 1.29 is 9.59 Å². The van der Waals surface area contributed by atoms with E-state index < -0.39 is 11.8 Å². The zero-order valence-corrected chi connectivity index (χ0v) is 14.8. The van der Waals surface area contributed by atoms with E-state index in [4.69, 9.17) is 23.2 Å². The molecule has 2 N–H and O–H groups in total. The summed E-state index contributed by atoms with van der Waals surface area (Å²) in [5.41, 5.74) is 6.10. The molecule has 0 unspecified atom stereocenters. The first-order valence-electron chi connectivity index (χ1n) is 7.99. The molecule has 0 radical (unpaired) electrons. The smallest absolute Gasteiger partial charge is 0.262 e. The Morgan fingerprint density at radius 3 is 1.50 bits per heavy atom. The van der Waals surface area contributed by atoms with Gasteiger partial charge in [0.15, 0.2) is 0 Å². The Morgan fingerprint density at radius 1 is 0.750 bits per heavy atom. The number of hydrogen-bond acceptors (Lipinski definition) is 4. The molecular formula is C16H20Cl2N4O2. The summed E-state index contributed by atoms with van der Waals surface area (Å²) in [5.74, 6) is -1.78. The van der Waals surface area contributed by atoms with Crippen molar-refractivity contribution in [2.24, 2.45) is 10.2 Å². The van der Waals surface area contributed by atoms with Gasteiger partial charge in [0.2, 0.25) is 0 Å². The van der Waals surface area contributed by atoms with E-state index in [-0.39, 0.29) is 0 Å². The molecule has 2 rings (SSSR count). The standard InChI is InChI=1S/C16H20Cl2N4O2/c17-13-7-3-1-5-11(13)9-19-21-15(23)16(24)22-20-10-12-6-2-4-8-14(12)18/h9-10H,1-8H2,(H,21,23)(H,22,24).